The van der Waals surface area contributed by atoms with Crippen molar-refractivity contribution in [3.05, 3.63) is 34.9 Å². The van der Waals surface area contributed by atoms with Gasteiger partial charge in [0, 0.05) is 4.11 Å². The van der Waals surface area contributed by atoms with Gasteiger partial charge in [-0.05, 0) is 18.5 Å². The van der Waals surface area contributed by atoms with Crippen molar-refractivity contribution in [2.75, 3.05) is 0 Å². The predicted octanol–water partition coefficient (Wildman–Crippen LogP) is 0.877. The van der Waals surface area contributed by atoms with Crippen LogP contribution in [0.3, 0.4) is 0 Å². The molecule has 0 fully saturated rings. The van der Waals surface area contributed by atoms with E-state index in [1.165, 1.54) is 0 Å². The first-order chi connectivity index (χ1) is 7.29. The number of amides is 1. The highest BCUT2D eigenvalue weighted by molar-refractivity contribution is 5.94. The Morgan fingerprint density at radius 3 is 2.77 bits per heavy atom. The van der Waals surface area contributed by atoms with Crippen LogP contribution in [0, 0.1) is 18.5 Å². The lowest BCUT2D eigenvalue weighted by atomic mass is 10.1. The highest BCUT2D eigenvalue weighted by atomic mass is 19.2. The van der Waals surface area contributed by atoms with Crippen molar-refractivity contribution in [2.24, 2.45) is 5.84 Å². The number of rotatable bonds is 1. The maximum absolute atomic E-state index is 13.3. The molecule has 0 radical (unpaired) electrons. The van der Waals surface area contributed by atoms with E-state index in [4.69, 9.17) is 9.95 Å². The molecular weight excluding hydrogens is 178 g/mol. The van der Waals surface area contributed by atoms with Crippen LogP contribution in [0.2, 0.25) is 0 Å². The second kappa shape index (κ2) is 3.49. The number of benzene rings is 1. The number of nitrogen functional groups attached to an aromatic ring is 1. The van der Waals surface area contributed by atoms with Crippen LogP contribution < -0.4 is 11.3 Å². The van der Waals surface area contributed by atoms with E-state index in [0.29, 0.717) is 0 Å². The summed E-state index contributed by atoms with van der Waals surface area (Å²) in [6, 6.07) is 1.69. The summed E-state index contributed by atoms with van der Waals surface area (Å²) in [5.41, 5.74) is 0.197. The van der Waals surface area contributed by atoms with Crippen molar-refractivity contribution >= 4 is 5.91 Å². The molecule has 1 amide bonds. The molecule has 0 heterocycles. The molecule has 0 unspecified atom stereocenters. The SMILES string of the molecule is [2H]C([2H])([2H])c1ccc(C(=O)NN)c(F)c1F. The van der Waals surface area contributed by atoms with E-state index in [1.807, 2.05) is 0 Å². The van der Waals surface area contributed by atoms with Crippen LogP contribution in [0.25, 0.3) is 0 Å². The normalized spacial score (nSPS) is 14.2. The molecule has 0 aliphatic heterocycles. The predicted molar refractivity (Wildman–Crippen MR) is 42.7 cm³/mol. The lowest BCUT2D eigenvalue weighted by Crippen LogP contribution is -2.31. The maximum Gasteiger partial charge on any atom is 0.268 e. The number of nitrogens with two attached hydrogens (primary N) is 1. The second-order valence-corrected chi connectivity index (χ2v) is 2.26. The topological polar surface area (TPSA) is 55.1 Å². The van der Waals surface area contributed by atoms with Gasteiger partial charge in [0.1, 0.15) is 0 Å². The summed E-state index contributed by atoms with van der Waals surface area (Å²) in [7, 11) is 0. The first-order valence-corrected chi connectivity index (χ1v) is 3.28. The molecule has 1 aromatic carbocycles. The third-order valence-corrected chi connectivity index (χ3v) is 1.46. The van der Waals surface area contributed by atoms with Gasteiger partial charge < -0.3 is 0 Å². The smallest absolute Gasteiger partial charge is 0.268 e. The van der Waals surface area contributed by atoms with Crippen LogP contribution in [0.4, 0.5) is 8.78 Å². The standard InChI is InChI=1S/C8H8F2N2O/c1-4-2-3-5(8(13)12-11)7(10)6(4)9/h2-3H,11H2,1H3,(H,12,13)/i1D3. The minimum Gasteiger partial charge on any atom is -0.290 e. The molecule has 1 rings (SSSR count). The summed E-state index contributed by atoms with van der Waals surface area (Å²) in [6.07, 6.45) is 0. The third kappa shape index (κ3) is 1.65. The maximum atomic E-state index is 13.3. The molecule has 0 aliphatic carbocycles. The quantitative estimate of drug-likeness (QED) is 0.391. The molecule has 3 N–H and O–H groups in total. The lowest BCUT2D eigenvalue weighted by Gasteiger charge is -2.03. The van der Waals surface area contributed by atoms with Crippen molar-refractivity contribution in [1.29, 1.82) is 0 Å². The van der Waals surface area contributed by atoms with Gasteiger partial charge in [0.05, 0.1) is 5.56 Å². The van der Waals surface area contributed by atoms with Crippen LogP contribution in [0.1, 0.15) is 20.0 Å². The Hall–Kier alpha value is -1.49. The van der Waals surface area contributed by atoms with E-state index in [9.17, 15) is 13.6 Å². The van der Waals surface area contributed by atoms with E-state index in [2.05, 4.69) is 0 Å². The number of hydrogen-bond acceptors (Lipinski definition) is 2. The van der Waals surface area contributed by atoms with Gasteiger partial charge in [0.25, 0.3) is 5.91 Å². The Morgan fingerprint density at radius 1 is 1.54 bits per heavy atom. The molecule has 0 saturated carbocycles. The zero-order chi connectivity index (χ0) is 12.5. The number of nitrogens with one attached hydrogen (secondary N) is 1. The number of hydrogen-bond donors (Lipinski definition) is 2. The van der Waals surface area contributed by atoms with E-state index < -0.39 is 35.5 Å². The van der Waals surface area contributed by atoms with E-state index >= 15 is 0 Å². The Balaban J connectivity index is 3.35. The third-order valence-electron chi connectivity index (χ3n) is 1.46. The number of hydrazine groups is 1. The van der Waals surface area contributed by atoms with E-state index in [0.717, 1.165) is 12.1 Å². The number of carbonyl (C=O) groups is 1. The number of carbonyl (C=O) groups excluding carboxylic acids is 1. The Labute approximate surface area is 77.7 Å². The zero-order valence-corrected chi connectivity index (χ0v) is 6.40. The van der Waals surface area contributed by atoms with Crippen LogP contribution in [-0.2, 0) is 0 Å². The van der Waals surface area contributed by atoms with Gasteiger partial charge in [-0.1, -0.05) is 6.07 Å². The molecule has 5 heteroatoms. The lowest BCUT2D eigenvalue weighted by molar-refractivity contribution is 0.0948. The fraction of sp³-hybridized carbons (Fsp3) is 0.125. The Kier molecular flexibility index (Phi) is 1.62. The average Bonchev–Trinajstić information content (AvgIpc) is 2.19. The van der Waals surface area contributed by atoms with Crippen LogP contribution in [-0.4, -0.2) is 5.91 Å². The van der Waals surface area contributed by atoms with Crippen LogP contribution >= 0.6 is 0 Å². The molecule has 0 bridgehead atoms. The molecular formula is C8H8F2N2O. The van der Waals surface area contributed by atoms with Crippen molar-refractivity contribution in [3.63, 3.8) is 0 Å². The highest BCUT2D eigenvalue weighted by Crippen LogP contribution is 2.14. The summed E-state index contributed by atoms with van der Waals surface area (Å²) in [5.74, 6) is 0.614. The molecule has 1 aromatic rings. The van der Waals surface area contributed by atoms with Gasteiger partial charge in [-0.15, -0.1) is 0 Å². The van der Waals surface area contributed by atoms with Gasteiger partial charge in [0.15, 0.2) is 11.6 Å². The number of aryl methyl sites for hydroxylation is 1. The first-order valence-electron chi connectivity index (χ1n) is 4.78. The summed E-state index contributed by atoms with van der Waals surface area (Å²) in [6.45, 7) is -2.78. The zero-order valence-electron chi connectivity index (χ0n) is 9.40. The van der Waals surface area contributed by atoms with Gasteiger partial charge >= 0.3 is 0 Å². The summed E-state index contributed by atoms with van der Waals surface area (Å²) in [4.78, 5) is 11.0. The van der Waals surface area contributed by atoms with Crippen molar-refractivity contribution in [2.45, 2.75) is 6.85 Å². The van der Waals surface area contributed by atoms with Gasteiger partial charge in [-0.3, -0.25) is 10.2 Å². The molecule has 0 saturated heterocycles. The van der Waals surface area contributed by atoms with Crippen LogP contribution in [0.15, 0.2) is 12.1 Å². The Morgan fingerprint density at radius 2 is 2.23 bits per heavy atom. The van der Waals surface area contributed by atoms with Crippen molar-refractivity contribution in [3.8, 4) is 0 Å². The largest absolute Gasteiger partial charge is 0.290 e. The van der Waals surface area contributed by atoms with E-state index in [-0.39, 0.29) is 0 Å². The van der Waals surface area contributed by atoms with Crippen molar-refractivity contribution in [1.82, 2.24) is 5.43 Å². The summed E-state index contributed by atoms with van der Waals surface area (Å²) >= 11 is 0. The minimum absolute atomic E-state index is 0.645. The van der Waals surface area contributed by atoms with Gasteiger partial charge in [-0.25, -0.2) is 14.6 Å². The molecule has 70 valence electrons. The first kappa shape index (κ1) is 6.04. The summed E-state index contributed by atoms with van der Waals surface area (Å²) in [5, 5.41) is 0. The van der Waals surface area contributed by atoms with Crippen molar-refractivity contribution < 1.29 is 17.7 Å². The van der Waals surface area contributed by atoms with Gasteiger partial charge in [-0.2, -0.15) is 0 Å². The Bertz CT molecular complexity index is 434. The van der Waals surface area contributed by atoms with Crippen LogP contribution in [0.5, 0.6) is 0 Å². The minimum atomic E-state index is -2.78. The molecule has 13 heavy (non-hydrogen) atoms. The average molecular weight is 189 g/mol. The fourth-order valence-corrected chi connectivity index (χ4v) is 0.803. The molecule has 3 nitrogen and oxygen atoms in total. The highest BCUT2D eigenvalue weighted by Gasteiger charge is 2.15. The molecule has 0 spiro atoms. The monoisotopic (exact) mass is 189 g/mol. The summed E-state index contributed by atoms with van der Waals surface area (Å²) < 4.78 is 47.4. The molecule has 0 aliphatic rings. The fourth-order valence-electron chi connectivity index (χ4n) is 0.803. The number of halogens is 2. The second-order valence-electron chi connectivity index (χ2n) is 2.26. The van der Waals surface area contributed by atoms with E-state index in [1.54, 1.807) is 5.43 Å². The molecule has 0 atom stereocenters. The molecule has 0 aromatic heterocycles. The van der Waals surface area contributed by atoms with Gasteiger partial charge in [0.2, 0.25) is 0 Å².